The van der Waals surface area contributed by atoms with E-state index in [1.165, 1.54) is 88.6 Å². The fraction of sp³-hybridized carbons (Fsp3) is 0.944. The second-order valence-corrected chi connectivity index (χ2v) is 8.76. The van der Waals surface area contributed by atoms with Gasteiger partial charge in [-0.1, -0.05) is 78.1 Å². The molecule has 128 valence electrons. The van der Waals surface area contributed by atoms with Gasteiger partial charge in [-0.15, -0.1) is 0 Å². The van der Waals surface area contributed by atoms with Gasteiger partial charge in [-0.05, 0) is 24.3 Å². The van der Waals surface area contributed by atoms with Crippen LogP contribution in [0.2, 0.25) is 0 Å². The molecule has 2 nitrogen and oxygen atoms in total. The monoisotopic (exact) mass is 318 g/mol. The van der Waals surface area contributed by atoms with Gasteiger partial charge in [0.2, 0.25) is 0 Å². The normalized spacial score (nSPS) is 11.6. The van der Waals surface area contributed by atoms with Gasteiger partial charge in [0, 0.05) is 0 Å². The van der Waals surface area contributed by atoms with Crippen molar-refractivity contribution >= 4 is 16.9 Å². The average Bonchev–Trinajstić information content (AvgIpc) is 2.45. The number of aliphatic carboxylic acids is 1. The van der Waals surface area contributed by atoms with Crippen LogP contribution >= 0.6 is 10.9 Å². The van der Waals surface area contributed by atoms with Crippen LogP contribution in [0, 0.1) is 0 Å². The summed E-state index contributed by atoms with van der Waals surface area (Å²) in [4.78, 5) is 11.0. The SMILES string of the molecule is CCCCCCCC[SH](CCCCCCCC)CC(=O)O. The van der Waals surface area contributed by atoms with Gasteiger partial charge >= 0.3 is 5.97 Å². The molecular weight excluding hydrogens is 280 g/mol. The molecule has 0 heterocycles. The maximum atomic E-state index is 11.0. The summed E-state index contributed by atoms with van der Waals surface area (Å²) in [5.41, 5.74) is 0. The fourth-order valence-corrected chi connectivity index (χ4v) is 4.96. The van der Waals surface area contributed by atoms with E-state index in [-0.39, 0.29) is 10.9 Å². The zero-order valence-corrected chi connectivity index (χ0v) is 15.3. The molecule has 0 aliphatic rings. The van der Waals surface area contributed by atoms with E-state index in [0.29, 0.717) is 5.75 Å². The average molecular weight is 319 g/mol. The second kappa shape index (κ2) is 16.2. The van der Waals surface area contributed by atoms with Crippen LogP contribution in [0.1, 0.15) is 90.9 Å². The third-order valence-electron chi connectivity index (χ3n) is 4.01. The molecular formula is C18H38O2S. The Morgan fingerprint density at radius 1 is 0.714 bits per heavy atom. The third-order valence-corrected chi connectivity index (χ3v) is 6.63. The maximum absolute atomic E-state index is 11.0. The summed E-state index contributed by atoms with van der Waals surface area (Å²) in [6.45, 7) is 4.49. The molecule has 0 radical (unpaired) electrons. The highest BCUT2D eigenvalue weighted by molar-refractivity contribution is 8.17. The molecule has 0 aliphatic heterocycles. The van der Waals surface area contributed by atoms with Crippen LogP contribution in [-0.4, -0.2) is 28.3 Å². The largest absolute Gasteiger partial charge is 0.481 e. The number of carboxylic acid groups (broad SMARTS) is 1. The van der Waals surface area contributed by atoms with Gasteiger partial charge < -0.3 is 5.11 Å². The van der Waals surface area contributed by atoms with E-state index < -0.39 is 5.97 Å². The van der Waals surface area contributed by atoms with E-state index in [9.17, 15) is 4.79 Å². The summed E-state index contributed by atoms with van der Waals surface area (Å²) in [7, 11) is -0.249. The van der Waals surface area contributed by atoms with Crippen molar-refractivity contribution in [2.45, 2.75) is 90.9 Å². The molecule has 0 rings (SSSR count). The first-order valence-corrected chi connectivity index (χ1v) is 11.0. The summed E-state index contributed by atoms with van der Waals surface area (Å²) in [6.07, 6.45) is 15.8. The van der Waals surface area contributed by atoms with Crippen molar-refractivity contribution < 1.29 is 9.90 Å². The van der Waals surface area contributed by atoms with Gasteiger partial charge in [0.05, 0.1) is 5.75 Å². The molecule has 0 spiro atoms. The first-order chi connectivity index (χ1) is 10.2. The van der Waals surface area contributed by atoms with Gasteiger partial charge in [0.1, 0.15) is 0 Å². The van der Waals surface area contributed by atoms with E-state index in [1.54, 1.807) is 0 Å². The van der Waals surface area contributed by atoms with Crippen LogP contribution in [0.25, 0.3) is 0 Å². The van der Waals surface area contributed by atoms with E-state index in [2.05, 4.69) is 13.8 Å². The Kier molecular flexibility index (Phi) is 16.1. The van der Waals surface area contributed by atoms with Crippen LogP contribution in [0.5, 0.6) is 0 Å². The minimum absolute atomic E-state index is 0.249. The lowest BCUT2D eigenvalue weighted by atomic mass is 10.1. The zero-order valence-electron chi connectivity index (χ0n) is 14.4. The molecule has 0 bridgehead atoms. The number of carboxylic acids is 1. The molecule has 0 aromatic rings. The number of hydrogen-bond acceptors (Lipinski definition) is 1. The van der Waals surface area contributed by atoms with Gasteiger partial charge in [-0.25, -0.2) is 10.9 Å². The quantitative estimate of drug-likeness (QED) is 0.279. The molecule has 0 saturated heterocycles. The highest BCUT2D eigenvalue weighted by Gasteiger charge is 2.08. The smallest absolute Gasteiger partial charge is 0.311 e. The molecule has 0 atom stereocenters. The lowest BCUT2D eigenvalue weighted by molar-refractivity contribution is -0.133. The summed E-state index contributed by atoms with van der Waals surface area (Å²) in [6, 6.07) is 0. The highest BCUT2D eigenvalue weighted by Crippen LogP contribution is 2.28. The summed E-state index contributed by atoms with van der Waals surface area (Å²) >= 11 is 0. The van der Waals surface area contributed by atoms with Crippen molar-refractivity contribution in [3.63, 3.8) is 0 Å². The minimum Gasteiger partial charge on any atom is -0.481 e. The van der Waals surface area contributed by atoms with Gasteiger partial charge in [-0.3, -0.25) is 4.79 Å². The Hall–Kier alpha value is -0.180. The Labute approximate surface area is 135 Å². The van der Waals surface area contributed by atoms with Crippen molar-refractivity contribution in [2.24, 2.45) is 0 Å². The molecule has 0 saturated carbocycles. The van der Waals surface area contributed by atoms with Gasteiger partial charge in [0.25, 0.3) is 0 Å². The highest BCUT2D eigenvalue weighted by atomic mass is 32.2. The second-order valence-electron chi connectivity index (χ2n) is 6.21. The fourth-order valence-electron chi connectivity index (χ4n) is 2.69. The summed E-state index contributed by atoms with van der Waals surface area (Å²) in [5.74, 6) is 2.23. The van der Waals surface area contributed by atoms with Crippen molar-refractivity contribution in [3.8, 4) is 0 Å². The summed E-state index contributed by atoms with van der Waals surface area (Å²) in [5, 5.41) is 9.05. The number of thiol groups is 1. The van der Waals surface area contributed by atoms with Gasteiger partial charge in [-0.2, -0.15) is 0 Å². The topological polar surface area (TPSA) is 37.3 Å². The van der Waals surface area contributed by atoms with Gasteiger partial charge in [0.15, 0.2) is 0 Å². The zero-order chi connectivity index (χ0) is 15.8. The number of rotatable bonds is 16. The first kappa shape index (κ1) is 20.8. The Morgan fingerprint density at radius 3 is 1.48 bits per heavy atom. The summed E-state index contributed by atoms with van der Waals surface area (Å²) < 4.78 is 0. The first-order valence-electron chi connectivity index (χ1n) is 9.14. The van der Waals surface area contributed by atoms with Crippen LogP contribution in [-0.2, 0) is 4.79 Å². The van der Waals surface area contributed by atoms with E-state index in [0.717, 1.165) is 0 Å². The Morgan fingerprint density at radius 2 is 1.10 bits per heavy atom. The standard InChI is InChI=1S/C18H38O2S/c1-3-5-7-9-11-13-15-21(17-18(19)20)16-14-12-10-8-6-4-2/h21H,3-17H2,1-2H3,(H,19,20). The predicted octanol–water partition coefficient (Wildman–Crippen LogP) is 5.79. The van der Waals surface area contributed by atoms with Crippen LogP contribution < -0.4 is 0 Å². The Bertz CT molecular complexity index is 215. The van der Waals surface area contributed by atoms with E-state index in [4.69, 9.17) is 5.11 Å². The van der Waals surface area contributed by atoms with Crippen molar-refractivity contribution in [1.82, 2.24) is 0 Å². The van der Waals surface area contributed by atoms with Crippen LogP contribution in [0.3, 0.4) is 0 Å². The molecule has 0 aromatic carbocycles. The van der Waals surface area contributed by atoms with E-state index in [1.807, 2.05) is 0 Å². The number of hydrogen-bond donors (Lipinski definition) is 2. The molecule has 3 heteroatoms. The molecule has 0 unspecified atom stereocenters. The Balaban J connectivity index is 3.64. The van der Waals surface area contributed by atoms with Crippen LogP contribution in [0.4, 0.5) is 0 Å². The van der Waals surface area contributed by atoms with E-state index >= 15 is 0 Å². The molecule has 0 aliphatic carbocycles. The molecule has 21 heavy (non-hydrogen) atoms. The lowest BCUT2D eigenvalue weighted by Crippen LogP contribution is -2.08. The maximum Gasteiger partial charge on any atom is 0.311 e. The number of unbranched alkanes of at least 4 members (excludes halogenated alkanes) is 10. The third kappa shape index (κ3) is 16.0. The molecule has 0 fully saturated rings. The predicted molar refractivity (Wildman–Crippen MR) is 98.0 cm³/mol. The number of carbonyl (C=O) groups is 1. The van der Waals surface area contributed by atoms with Crippen LogP contribution in [0.15, 0.2) is 0 Å². The minimum atomic E-state index is -0.585. The van der Waals surface area contributed by atoms with Crippen molar-refractivity contribution in [3.05, 3.63) is 0 Å². The van der Waals surface area contributed by atoms with Crippen molar-refractivity contribution in [2.75, 3.05) is 17.3 Å². The molecule has 1 N–H and O–H groups in total. The van der Waals surface area contributed by atoms with Crippen molar-refractivity contribution in [1.29, 1.82) is 0 Å². The lowest BCUT2D eigenvalue weighted by Gasteiger charge is -2.19. The molecule has 0 aromatic heterocycles. The molecule has 0 amide bonds.